The Morgan fingerprint density at radius 1 is 1.00 bits per heavy atom. The molecule has 0 saturated heterocycles. The van der Waals surface area contributed by atoms with Gasteiger partial charge in [-0.2, -0.15) is 0 Å². The molecule has 0 aliphatic carbocycles. The lowest BCUT2D eigenvalue weighted by Gasteiger charge is -2.16. The third-order valence-electron chi connectivity index (χ3n) is 4.41. The molecule has 7 heteroatoms. The zero-order valence-electron chi connectivity index (χ0n) is 16.0. The van der Waals surface area contributed by atoms with E-state index >= 15 is 0 Å². The first-order valence-electron chi connectivity index (χ1n) is 9.72. The molecular weight excluding hydrogens is 352 g/mol. The number of esters is 2. The van der Waals surface area contributed by atoms with Crippen molar-refractivity contribution in [3.63, 3.8) is 0 Å². The van der Waals surface area contributed by atoms with Crippen LogP contribution in [0.1, 0.15) is 77.6 Å². The van der Waals surface area contributed by atoms with Gasteiger partial charge in [-0.3, -0.25) is 14.4 Å². The summed E-state index contributed by atoms with van der Waals surface area (Å²) in [5.74, 6) is -2.92. The largest absolute Gasteiger partial charge is 0.481 e. The maximum Gasteiger partial charge on any atom is 0.331 e. The molecule has 0 radical (unpaired) electrons. The van der Waals surface area contributed by atoms with Crippen molar-refractivity contribution < 1.29 is 33.8 Å². The highest BCUT2D eigenvalue weighted by molar-refractivity contribution is 5.99. The number of carbonyl (C=O) groups is 4. The number of cyclic esters (lactones) is 1. The maximum absolute atomic E-state index is 12.3. The van der Waals surface area contributed by atoms with Gasteiger partial charge in [0.1, 0.15) is 0 Å². The molecule has 27 heavy (non-hydrogen) atoms. The van der Waals surface area contributed by atoms with Crippen LogP contribution in [-0.4, -0.2) is 41.0 Å². The van der Waals surface area contributed by atoms with E-state index in [1.165, 1.54) is 0 Å². The van der Waals surface area contributed by atoms with Crippen LogP contribution in [-0.2, 0) is 28.7 Å². The molecule has 0 fully saturated rings. The quantitative estimate of drug-likeness (QED) is 0.743. The van der Waals surface area contributed by atoms with Gasteiger partial charge in [0.15, 0.2) is 11.9 Å². The molecule has 1 aliphatic heterocycles. The molecular formula is C20H30O7. The van der Waals surface area contributed by atoms with Crippen molar-refractivity contribution >= 4 is 23.7 Å². The third-order valence-corrected chi connectivity index (χ3v) is 4.41. The van der Waals surface area contributed by atoms with Crippen LogP contribution in [0, 0.1) is 0 Å². The molecule has 0 bridgehead atoms. The Morgan fingerprint density at radius 3 is 2.22 bits per heavy atom. The van der Waals surface area contributed by atoms with E-state index in [1.807, 2.05) is 6.92 Å². The SMILES string of the molecule is C[C@@H]1CCCCCCCCCC(OC(=O)CCC(=O)O)C(=O)/C=C/C(=O)O1. The summed E-state index contributed by atoms with van der Waals surface area (Å²) in [6.45, 7) is 1.82. The highest BCUT2D eigenvalue weighted by Gasteiger charge is 2.21. The first-order valence-corrected chi connectivity index (χ1v) is 9.72. The zero-order valence-corrected chi connectivity index (χ0v) is 16.0. The van der Waals surface area contributed by atoms with E-state index in [1.54, 1.807) is 0 Å². The van der Waals surface area contributed by atoms with Crippen LogP contribution in [0.3, 0.4) is 0 Å². The van der Waals surface area contributed by atoms with E-state index in [9.17, 15) is 19.2 Å². The standard InChI is InChI=1S/C20H30O7/c1-15-9-7-5-3-2-4-6-8-10-17(16(21)11-13-19(24)26-15)27-20(25)14-12-18(22)23/h11,13,15,17H,2-10,12,14H2,1H3,(H,22,23)/b13-11+/t15-,17?/m1/s1. The summed E-state index contributed by atoms with van der Waals surface area (Å²) in [6, 6.07) is 0. The second kappa shape index (κ2) is 13.1. The maximum atomic E-state index is 12.3. The number of hydrogen-bond donors (Lipinski definition) is 1. The van der Waals surface area contributed by atoms with Gasteiger partial charge < -0.3 is 14.6 Å². The van der Waals surface area contributed by atoms with Crippen molar-refractivity contribution in [2.75, 3.05) is 0 Å². The number of ether oxygens (including phenoxy) is 2. The minimum atomic E-state index is -1.10. The van der Waals surface area contributed by atoms with Crippen LogP contribution >= 0.6 is 0 Å². The van der Waals surface area contributed by atoms with Crippen molar-refractivity contribution in [2.45, 2.75) is 89.8 Å². The smallest absolute Gasteiger partial charge is 0.331 e. The van der Waals surface area contributed by atoms with E-state index in [0.29, 0.717) is 6.42 Å². The van der Waals surface area contributed by atoms with E-state index in [2.05, 4.69) is 0 Å². The summed E-state index contributed by atoms with van der Waals surface area (Å²) in [6.07, 6.45) is 8.45. The fourth-order valence-electron chi connectivity index (χ4n) is 2.89. The van der Waals surface area contributed by atoms with Crippen LogP contribution in [0.4, 0.5) is 0 Å². The number of hydrogen-bond acceptors (Lipinski definition) is 6. The topological polar surface area (TPSA) is 107 Å². The monoisotopic (exact) mass is 382 g/mol. The molecule has 0 aromatic heterocycles. The van der Waals surface area contributed by atoms with Gasteiger partial charge in [0.25, 0.3) is 0 Å². The lowest BCUT2D eigenvalue weighted by atomic mass is 10.0. The number of carboxylic acid groups (broad SMARTS) is 1. The van der Waals surface area contributed by atoms with Gasteiger partial charge in [0, 0.05) is 6.08 Å². The van der Waals surface area contributed by atoms with Gasteiger partial charge in [0.2, 0.25) is 0 Å². The molecule has 2 atom stereocenters. The van der Waals surface area contributed by atoms with Crippen LogP contribution in [0.5, 0.6) is 0 Å². The van der Waals surface area contributed by atoms with E-state index < -0.39 is 29.8 Å². The van der Waals surface area contributed by atoms with Gasteiger partial charge >= 0.3 is 17.9 Å². The third kappa shape index (κ3) is 11.2. The van der Waals surface area contributed by atoms with Crippen LogP contribution in [0.15, 0.2) is 12.2 Å². The molecule has 1 heterocycles. The number of carbonyl (C=O) groups excluding carboxylic acids is 3. The average molecular weight is 382 g/mol. The Bertz CT molecular complexity index is 538. The van der Waals surface area contributed by atoms with Crippen molar-refractivity contribution in [2.24, 2.45) is 0 Å². The fourth-order valence-corrected chi connectivity index (χ4v) is 2.89. The Labute approximate surface area is 160 Å². The lowest BCUT2D eigenvalue weighted by molar-refractivity contribution is -0.155. The number of aliphatic carboxylic acids is 1. The fraction of sp³-hybridized carbons (Fsp3) is 0.700. The van der Waals surface area contributed by atoms with Gasteiger partial charge in [0.05, 0.1) is 18.9 Å². The summed E-state index contributed by atoms with van der Waals surface area (Å²) < 4.78 is 10.4. The normalized spacial score (nSPS) is 24.6. The summed E-state index contributed by atoms with van der Waals surface area (Å²) >= 11 is 0. The van der Waals surface area contributed by atoms with Crippen LogP contribution in [0.2, 0.25) is 0 Å². The van der Waals surface area contributed by atoms with Crippen LogP contribution < -0.4 is 0 Å². The summed E-state index contributed by atoms with van der Waals surface area (Å²) in [5.41, 5.74) is 0. The van der Waals surface area contributed by atoms with Crippen molar-refractivity contribution in [1.29, 1.82) is 0 Å². The summed E-state index contributed by atoms with van der Waals surface area (Å²) in [5, 5.41) is 8.63. The minimum absolute atomic E-state index is 0.213. The Hall–Kier alpha value is -2.18. The molecule has 1 rings (SSSR count). The minimum Gasteiger partial charge on any atom is -0.481 e. The number of rotatable bonds is 4. The second-order valence-electron chi connectivity index (χ2n) is 6.91. The van der Waals surface area contributed by atoms with E-state index in [4.69, 9.17) is 14.6 Å². The summed E-state index contributed by atoms with van der Waals surface area (Å²) in [7, 11) is 0. The van der Waals surface area contributed by atoms with Crippen molar-refractivity contribution in [1.82, 2.24) is 0 Å². The van der Waals surface area contributed by atoms with Gasteiger partial charge in [-0.1, -0.05) is 32.1 Å². The first kappa shape index (κ1) is 22.9. The lowest BCUT2D eigenvalue weighted by Crippen LogP contribution is -2.26. The molecule has 7 nitrogen and oxygen atoms in total. The predicted octanol–water partition coefficient (Wildman–Crippen LogP) is 3.34. The Kier molecular flexibility index (Phi) is 11.1. The molecule has 152 valence electrons. The molecule has 0 saturated carbocycles. The summed E-state index contributed by atoms with van der Waals surface area (Å²) in [4.78, 5) is 46.5. The number of carboxylic acids is 1. The molecule has 0 aromatic carbocycles. The molecule has 1 aliphatic rings. The Balaban J connectivity index is 2.70. The van der Waals surface area contributed by atoms with Gasteiger partial charge in [-0.05, 0) is 38.7 Å². The zero-order chi connectivity index (χ0) is 20.1. The highest BCUT2D eigenvalue weighted by atomic mass is 16.5. The second-order valence-corrected chi connectivity index (χ2v) is 6.91. The van der Waals surface area contributed by atoms with Gasteiger partial charge in [-0.15, -0.1) is 0 Å². The Morgan fingerprint density at radius 2 is 1.59 bits per heavy atom. The predicted molar refractivity (Wildman–Crippen MR) is 98.0 cm³/mol. The average Bonchev–Trinajstić information content (AvgIpc) is 2.61. The molecule has 0 amide bonds. The van der Waals surface area contributed by atoms with Gasteiger partial charge in [-0.25, -0.2) is 4.79 Å². The highest BCUT2D eigenvalue weighted by Crippen LogP contribution is 2.15. The molecule has 1 N–H and O–H groups in total. The molecule has 0 spiro atoms. The van der Waals surface area contributed by atoms with Crippen molar-refractivity contribution in [3.05, 3.63) is 12.2 Å². The van der Waals surface area contributed by atoms with E-state index in [-0.39, 0.29) is 18.9 Å². The van der Waals surface area contributed by atoms with Crippen molar-refractivity contribution in [3.8, 4) is 0 Å². The molecule has 1 unspecified atom stereocenters. The number of ketones is 1. The molecule has 0 aromatic rings. The van der Waals surface area contributed by atoms with E-state index in [0.717, 1.165) is 63.5 Å². The first-order chi connectivity index (χ1) is 12.9. The van der Waals surface area contributed by atoms with Crippen LogP contribution in [0.25, 0.3) is 0 Å².